The molecule has 0 atom stereocenters. The van der Waals surface area contributed by atoms with Gasteiger partial charge < -0.3 is 4.74 Å². The number of carbonyl (C=O) groups is 2. The topological polar surface area (TPSA) is 70.4 Å². The van der Waals surface area contributed by atoms with E-state index in [1.165, 1.54) is 49.5 Å². The molecule has 0 aliphatic carbocycles. The molecule has 27 heavy (non-hydrogen) atoms. The maximum atomic E-state index is 12.4. The van der Waals surface area contributed by atoms with Crippen molar-refractivity contribution in [2.45, 2.75) is 64.7 Å². The van der Waals surface area contributed by atoms with Crippen LogP contribution in [0.5, 0.6) is 5.75 Å². The third-order valence-electron chi connectivity index (χ3n) is 4.67. The van der Waals surface area contributed by atoms with E-state index in [9.17, 15) is 9.59 Å². The fourth-order valence-electron chi connectivity index (χ4n) is 3.07. The summed E-state index contributed by atoms with van der Waals surface area (Å²) in [6, 6.07) is 8.46. The number of amides is 2. The number of rotatable bonds is 12. The molecule has 0 bridgehead atoms. The second kappa shape index (κ2) is 11.2. The molecule has 0 aromatic heterocycles. The number of carbonyl (C=O) groups excluding carboxylic acids is 2. The number of ether oxygens (including phenoxy) is 1. The largest absolute Gasteiger partial charge is 0.451 e. The number of imide groups is 1. The maximum absolute atomic E-state index is 12.4. The van der Waals surface area contributed by atoms with Crippen molar-refractivity contribution in [1.29, 1.82) is 5.26 Å². The first-order chi connectivity index (χ1) is 13.2. The average molecular weight is 368 g/mol. The number of benzene rings is 1. The predicted molar refractivity (Wildman–Crippen MR) is 104 cm³/mol. The number of hydrogen-bond acceptors (Lipinski definition) is 4. The van der Waals surface area contributed by atoms with Crippen molar-refractivity contribution in [2.24, 2.45) is 0 Å². The molecule has 1 aliphatic heterocycles. The molecule has 1 aromatic rings. The third kappa shape index (κ3) is 6.56. The van der Waals surface area contributed by atoms with Crippen LogP contribution in [0.1, 0.15) is 70.3 Å². The van der Waals surface area contributed by atoms with Gasteiger partial charge in [0.15, 0.2) is 5.76 Å². The van der Waals surface area contributed by atoms with Crippen LogP contribution in [-0.2, 0) is 9.59 Å². The second-order valence-electron chi connectivity index (χ2n) is 6.87. The van der Waals surface area contributed by atoms with Gasteiger partial charge in [-0.05, 0) is 30.7 Å². The van der Waals surface area contributed by atoms with E-state index in [2.05, 4.69) is 6.92 Å². The molecular formula is C22H28N2O3. The summed E-state index contributed by atoms with van der Waals surface area (Å²) >= 11 is 0. The van der Waals surface area contributed by atoms with Gasteiger partial charge in [0.2, 0.25) is 0 Å². The quantitative estimate of drug-likeness (QED) is 0.395. The van der Waals surface area contributed by atoms with Crippen molar-refractivity contribution in [3.05, 3.63) is 41.7 Å². The number of hydrogen-bond donors (Lipinski definition) is 0. The molecule has 0 spiro atoms. The maximum Gasteiger partial charge on any atom is 0.296 e. The van der Waals surface area contributed by atoms with Crippen molar-refractivity contribution in [3.63, 3.8) is 0 Å². The Morgan fingerprint density at radius 2 is 1.52 bits per heavy atom. The van der Waals surface area contributed by atoms with E-state index in [0.717, 1.165) is 19.3 Å². The van der Waals surface area contributed by atoms with E-state index >= 15 is 0 Å². The summed E-state index contributed by atoms with van der Waals surface area (Å²) in [7, 11) is 0. The molecule has 2 rings (SSSR count). The molecule has 0 fully saturated rings. The fourth-order valence-corrected chi connectivity index (χ4v) is 3.07. The van der Waals surface area contributed by atoms with Gasteiger partial charge in [0.1, 0.15) is 5.75 Å². The zero-order valence-corrected chi connectivity index (χ0v) is 16.1. The van der Waals surface area contributed by atoms with Gasteiger partial charge in [0, 0.05) is 6.54 Å². The minimum atomic E-state index is -0.385. The van der Waals surface area contributed by atoms with Crippen molar-refractivity contribution in [1.82, 2.24) is 4.90 Å². The van der Waals surface area contributed by atoms with Crippen molar-refractivity contribution >= 4 is 11.8 Å². The van der Waals surface area contributed by atoms with Gasteiger partial charge in [-0.25, -0.2) is 0 Å². The van der Waals surface area contributed by atoms with Gasteiger partial charge in [-0.1, -0.05) is 58.3 Å². The van der Waals surface area contributed by atoms with E-state index in [-0.39, 0.29) is 17.6 Å². The van der Waals surface area contributed by atoms with Gasteiger partial charge >= 0.3 is 0 Å². The smallest absolute Gasteiger partial charge is 0.296 e. The summed E-state index contributed by atoms with van der Waals surface area (Å²) < 4.78 is 5.52. The number of unbranched alkanes of at least 4 members (excludes halogenated alkanes) is 8. The zero-order valence-electron chi connectivity index (χ0n) is 16.1. The molecule has 5 nitrogen and oxygen atoms in total. The van der Waals surface area contributed by atoms with Crippen molar-refractivity contribution in [2.75, 3.05) is 6.54 Å². The van der Waals surface area contributed by atoms with Crippen LogP contribution in [0, 0.1) is 11.3 Å². The first kappa shape index (κ1) is 20.7. The minimum Gasteiger partial charge on any atom is -0.451 e. The molecule has 144 valence electrons. The van der Waals surface area contributed by atoms with Gasteiger partial charge in [-0.15, -0.1) is 0 Å². The van der Waals surface area contributed by atoms with Crippen LogP contribution >= 0.6 is 0 Å². The molecule has 2 amide bonds. The normalized spacial score (nSPS) is 13.6. The lowest BCUT2D eigenvalue weighted by Gasteiger charge is -2.14. The van der Waals surface area contributed by atoms with Crippen LogP contribution in [-0.4, -0.2) is 23.3 Å². The highest BCUT2D eigenvalue weighted by Gasteiger charge is 2.32. The van der Waals surface area contributed by atoms with E-state index in [0.29, 0.717) is 17.9 Å². The first-order valence-corrected chi connectivity index (χ1v) is 9.91. The molecule has 0 N–H and O–H groups in total. The summed E-state index contributed by atoms with van der Waals surface area (Å²) in [5, 5.41) is 8.80. The molecule has 1 heterocycles. The summed E-state index contributed by atoms with van der Waals surface area (Å²) in [6.07, 6.45) is 11.9. The summed E-state index contributed by atoms with van der Waals surface area (Å²) in [5.41, 5.74) is 0.511. The Kier molecular flexibility index (Phi) is 8.57. The second-order valence-corrected chi connectivity index (χ2v) is 6.87. The molecule has 0 saturated carbocycles. The SMILES string of the molecule is CCCCCCCCCCCN1C(=O)C=C(Oc2ccc(C#N)cc2)C1=O. The summed E-state index contributed by atoms with van der Waals surface area (Å²) in [4.78, 5) is 25.7. The fraction of sp³-hybridized carbons (Fsp3) is 0.500. The molecule has 1 aromatic carbocycles. The highest BCUT2D eigenvalue weighted by atomic mass is 16.5. The average Bonchev–Trinajstić information content (AvgIpc) is 2.94. The van der Waals surface area contributed by atoms with Crippen LogP contribution in [0.15, 0.2) is 36.1 Å². The lowest BCUT2D eigenvalue weighted by atomic mass is 10.1. The Morgan fingerprint density at radius 3 is 2.11 bits per heavy atom. The monoisotopic (exact) mass is 368 g/mol. The molecule has 0 saturated heterocycles. The Bertz CT molecular complexity index is 701. The Labute approximate surface area is 161 Å². The Balaban J connectivity index is 1.68. The van der Waals surface area contributed by atoms with E-state index in [1.807, 2.05) is 6.07 Å². The van der Waals surface area contributed by atoms with E-state index in [4.69, 9.17) is 10.00 Å². The lowest BCUT2D eigenvalue weighted by Crippen LogP contribution is -2.32. The van der Waals surface area contributed by atoms with Gasteiger partial charge in [-0.2, -0.15) is 5.26 Å². The lowest BCUT2D eigenvalue weighted by molar-refractivity contribution is -0.138. The zero-order chi connectivity index (χ0) is 19.5. The summed E-state index contributed by atoms with van der Waals surface area (Å²) in [5.74, 6) is -0.223. The van der Waals surface area contributed by atoms with Gasteiger partial charge in [0.25, 0.3) is 11.8 Å². The standard InChI is InChI=1S/C22H28N2O3/c1-2-3-4-5-6-7-8-9-10-15-24-21(25)16-20(22(24)26)27-19-13-11-18(17-23)12-14-19/h11-14,16H,2-10,15H2,1H3. The minimum absolute atomic E-state index is 0.0423. The third-order valence-corrected chi connectivity index (χ3v) is 4.67. The molecule has 0 radical (unpaired) electrons. The summed E-state index contributed by atoms with van der Waals surface area (Å²) in [6.45, 7) is 2.65. The highest BCUT2D eigenvalue weighted by molar-refractivity contribution is 6.15. The van der Waals surface area contributed by atoms with Crippen molar-refractivity contribution < 1.29 is 14.3 Å². The van der Waals surface area contributed by atoms with Gasteiger partial charge in [-0.3, -0.25) is 14.5 Å². The highest BCUT2D eigenvalue weighted by Crippen LogP contribution is 2.20. The predicted octanol–water partition coefficient (Wildman–Crippen LogP) is 4.72. The molecule has 5 heteroatoms. The number of nitriles is 1. The van der Waals surface area contributed by atoms with Crippen LogP contribution in [0.4, 0.5) is 0 Å². The molecular weight excluding hydrogens is 340 g/mol. The van der Waals surface area contributed by atoms with E-state index < -0.39 is 0 Å². The Morgan fingerprint density at radius 1 is 0.926 bits per heavy atom. The molecule has 0 unspecified atom stereocenters. The van der Waals surface area contributed by atoms with Crippen LogP contribution in [0.2, 0.25) is 0 Å². The van der Waals surface area contributed by atoms with Crippen LogP contribution in [0.25, 0.3) is 0 Å². The van der Waals surface area contributed by atoms with Gasteiger partial charge in [0.05, 0.1) is 17.7 Å². The van der Waals surface area contributed by atoms with E-state index in [1.54, 1.807) is 24.3 Å². The number of nitrogens with zero attached hydrogens (tertiary/aromatic N) is 2. The van der Waals surface area contributed by atoms with Crippen LogP contribution in [0.3, 0.4) is 0 Å². The van der Waals surface area contributed by atoms with Crippen molar-refractivity contribution in [3.8, 4) is 11.8 Å². The molecule has 1 aliphatic rings. The van der Waals surface area contributed by atoms with Crippen LogP contribution < -0.4 is 4.74 Å². The first-order valence-electron chi connectivity index (χ1n) is 9.91. The Hall–Kier alpha value is -2.61.